The number of benzene rings is 2. The van der Waals surface area contributed by atoms with E-state index in [2.05, 4.69) is 25.7 Å². The molecule has 2 heterocycles. The highest BCUT2D eigenvalue weighted by atomic mass is 16.5. The standard InChI is InChI=1S/C25H29N5O4/c1-3-33-22-10-8-20(17-23(22)34-4-2)27-25(31)26-19-7-5-6-18(16-19)21-9-11-24(29-28-21)30-12-14-32-15-13-30/h5-11,16-17H,3-4,12-15H2,1-2H3,(H2,26,27,31). The number of aromatic nitrogens is 2. The lowest BCUT2D eigenvalue weighted by atomic mass is 10.1. The number of nitrogens with one attached hydrogen (secondary N) is 2. The van der Waals surface area contributed by atoms with E-state index in [-0.39, 0.29) is 6.03 Å². The van der Waals surface area contributed by atoms with Crippen LogP contribution in [0, 0.1) is 0 Å². The third kappa shape index (κ3) is 5.93. The molecule has 0 aliphatic carbocycles. The summed E-state index contributed by atoms with van der Waals surface area (Å²) in [6.07, 6.45) is 0. The van der Waals surface area contributed by atoms with Crippen LogP contribution in [0.4, 0.5) is 22.0 Å². The molecule has 9 heteroatoms. The van der Waals surface area contributed by atoms with Crippen molar-refractivity contribution in [2.24, 2.45) is 0 Å². The zero-order chi connectivity index (χ0) is 23.8. The van der Waals surface area contributed by atoms with Crippen molar-refractivity contribution >= 4 is 23.2 Å². The number of ether oxygens (including phenoxy) is 3. The minimum Gasteiger partial charge on any atom is -0.490 e. The molecule has 3 aromatic rings. The minimum atomic E-state index is -0.363. The van der Waals surface area contributed by atoms with Gasteiger partial charge < -0.3 is 29.7 Å². The number of carbonyl (C=O) groups excluding carboxylic acids is 1. The van der Waals surface area contributed by atoms with Crippen molar-refractivity contribution < 1.29 is 19.0 Å². The Labute approximate surface area is 199 Å². The molecule has 2 N–H and O–H groups in total. The number of hydrogen-bond acceptors (Lipinski definition) is 7. The summed E-state index contributed by atoms with van der Waals surface area (Å²) >= 11 is 0. The molecule has 1 saturated heterocycles. The van der Waals surface area contributed by atoms with Crippen molar-refractivity contribution in [1.29, 1.82) is 0 Å². The number of nitrogens with zero attached hydrogens (tertiary/aromatic N) is 3. The van der Waals surface area contributed by atoms with Crippen molar-refractivity contribution in [3.8, 4) is 22.8 Å². The fourth-order valence-corrected chi connectivity index (χ4v) is 3.62. The van der Waals surface area contributed by atoms with Crippen LogP contribution in [0.2, 0.25) is 0 Å². The number of anilines is 3. The van der Waals surface area contributed by atoms with Crippen molar-refractivity contribution in [3.05, 3.63) is 54.6 Å². The molecular weight excluding hydrogens is 434 g/mol. The SMILES string of the molecule is CCOc1ccc(NC(=O)Nc2cccc(-c3ccc(N4CCOCC4)nn3)c2)cc1OCC. The molecule has 0 unspecified atom stereocenters. The van der Waals surface area contributed by atoms with E-state index in [1.54, 1.807) is 18.2 Å². The Kier molecular flexibility index (Phi) is 7.77. The topological polar surface area (TPSA) is 97.8 Å². The second-order valence-corrected chi connectivity index (χ2v) is 7.56. The van der Waals surface area contributed by atoms with Gasteiger partial charge >= 0.3 is 6.03 Å². The van der Waals surface area contributed by atoms with Crippen LogP contribution in [-0.2, 0) is 4.74 Å². The molecule has 178 valence electrons. The summed E-state index contributed by atoms with van der Waals surface area (Å²) in [5.74, 6) is 2.06. The lowest BCUT2D eigenvalue weighted by Gasteiger charge is -2.27. The normalized spacial score (nSPS) is 13.3. The van der Waals surface area contributed by atoms with Crippen molar-refractivity contribution in [1.82, 2.24) is 10.2 Å². The van der Waals surface area contributed by atoms with Crippen LogP contribution < -0.4 is 25.0 Å². The molecular formula is C25H29N5O4. The van der Waals surface area contributed by atoms with Gasteiger partial charge in [0.2, 0.25) is 0 Å². The largest absolute Gasteiger partial charge is 0.490 e. The van der Waals surface area contributed by atoms with Gasteiger partial charge in [-0.05, 0) is 50.2 Å². The molecule has 0 spiro atoms. The third-order valence-corrected chi connectivity index (χ3v) is 5.20. The number of morpholine rings is 1. The average molecular weight is 464 g/mol. The van der Waals surface area contributed by atoms with Gasteiger partial charge in [0.05, 0.1) is 32.1 Å². The summed E-state index contributed by atoms with van der Waals surface area (Å²) in [7, 11) is 0. The molecule has 2 aromatic carbocycles. The van der Waals surface area contributed by atoms with Crippen LogP contribution in [0.1, 0.15) is 13.8 Å². The van der Waals surface area contributed by atoms with E-state index in [1.807, 2.05) is 50.2 Å². The minimum absolute atomic E-state index is 0.363. The van der Waals surface area contributed by atoms with Gasteiger partial charge in [-0.2, -0.15) is 0 Å². The Bertz CT molecular complexity index is 1100. The fourth-order valence-electron chi connectivity index (χ4n) is 3.62. The van der Waals surface area contributed by atoms with Gasteiger partial charge in [0.1, 0.15) is 0 Å². The van der Waals surface area contributed by atoms with Gasteiger partial charge in [0, 0.05) is 36.1 Å². The maximum Gasteiger partial charge on any atom is 0.323 e. The van der Waals surface area contributed by atoms with Gasteiger partial charge in [-0.3, -0.25) is 0 Å². The van der Waals surface area contributed by atoms with Crippen molar-refractivity contribution in [2.75, 3.05) is 55.1 Å². The summed E-state index contributed by atoms with van der Waals surface area (Å²) in [4.78, 5) is 14.7. The number of amides is 2. The zero-order valence-electron chi connectivity index (χ0n) is 19.4. The van der Waals surface area contributed by atoms with E-state index in [1.165, 1.54) is 0 Å². The van der Waals surface area contributed by atoms with E-state index in [0.29, 0.717) is 49.3 Å². The molecule has 0 radical (unpaired) electrons. The Morgan fingerprint density at radius 3 is 2.35 bits per heavy atom. The van der Waals surface area contributed by atoms with Gasteiger partial charge in [0.25, 0.3) is 0 Å². The molecule has 4 rings (SSSR count). The van der Waals surface area contributed by atoms with E-state index in [9.17, 15) is 4.79 Å². The highest BCUT2D eigenvalue weighted by Crippen LogP contribution is 2.31. The summed E-state index contributed by atoms with van der Waals surface area (Å²) in [6, 6.07) is 16.3. The number of rotatable bonds is 8. The van der Waals surface area contributed by atoms with Gasteiger partial charge in [0.15, 0.2) is 17.3 Å². The fraction of sp³-hybridized carbons (Fsp3) is 0.320. The lowest BCUT2D eigenvalue weighted by molar-refractivity contribution is 0.122. The van der Waals surface area contributed by atoms with Gasteiger partial charge in [-0.1, -0.05) is 12.1 Å². The molecule has 9 nitrogen and oxygen atoms in total. The van der Waals surface area contributed by atoms with E-state index < -0.39 is 0 Å². The van der Waals surface area contributed by atoms with Crippen LogP contribution in [0.15, 0.2) is 54.6 Å². The monoisotopic (exact) mass is 463 g/mol. The molecule has 0 saturated carbocycles. The predicted octanol–water partition coefficient (Wildman–Crippen LogP) is 4.42. The molecule has 0 bridgehead atoms. The zero-order valence-corrected chi connectivity index (χ0v) is 19.4. The van der Waals surface area contributed by atoms with Gasteiger partial charge in [-0.15, -0.1) is 10.2 Å². The molecule has 2 amide bonds. The summed E-state index contributed by atoms with van der Waals surface area (Å²) in [6.45, 7) is 7.85. The van der Waals surface area contributed by atoms with Crippen LogP contribution in [0.3, 0.4) is 0 Å². The lowest BCUT2D eigenvalue weighted by Crippen LogP contribution is -2.36. The second kappa shape index (κ2) is 11.3. The molecule has 0 atom stereocenters. The molecule has 1 fully saturated rings. The van der Waals surface area contributed by atoms with E-state index in [4.69, 9.17) is 14.2 Å². The first kappa shape index (κ1) is 23.3. The third-order valence-electron chi connectivity index (χ3n) is 5.20. The Morgan fingerprint density at radius 1 is 0.912 bits per heavy atom. The molecule has 1 aromatic heterocycles. The number of hydrogen-bond donors (Lipinski definition) is 2. The van der Waals surface area contributed by atoms with Crippen LogP contribution in [-0.4, -0.2) is 55.7 Å². The maximum atomic E-state index is 12.6. The highest BCUT2D eigenvalue weighted by Gasteiger charge is 2.13. The van der Waals surface area contributed by atoms with Gasteiger partial charge in [-0.25, -0.2) is 4.79 Å². The number of urea groups is 1. The second-order valence-electron chi connectivity index (χ2n) is 7.56. The van der Waals surface area contributed by atoms with Crippen molar-refractivity contribution in [3.63, 3.8) is 0 Å². The Morgan fingerprint density at radius 2 is 1.65 bits per heavy atom. The van der Waals surface area contributed by atoms with Crippen LogP contribution in [0.5, 0.6) is 11.5 Å². The van der Waals surface area contributed by atoms with E-state index in [0.717, 1.165) is 30.2 Å². The smallest absolute Gasteiger partial charge is 0.323 e. The predicted molar refractivity (Wildman–Crippen MR) is 132 cm³/mol. The highest BCUT2D eigenvalue weighted by molar-refractivity contribution is 6.00. The van der Waals surface area contributed by atoms with Crippen LogP contribution in [0.25, 0.3) is 11.3 Å². The molecule has 1 aliphatic heterocycles. The first-order valence-corrected chi connectivity index (χ1v) is 11.4. The molecule has 1 aliphatic rings. The Balaban J connectivity index is 1.41. The molecule has 34 heavy (non-hydrogen) atoms. The summed E-state index contributed by atoms with van der Waals surface area (Å²) in [5, 5.41) is 14.4. The quantitative estimate of drug-likeness (QED) is 0.510. The van der Waals surface area contributed by atoms with Crippen LogP contribution >= 0.6 is 0 Å². The average Bonchev–Trinajstić information content (AvgIpc) is 2.87. The summed E-state index contributed by atoms with van der Waals surface area (Å²) in [5.41, 5.74) is 2.84. The first-order valence-electron chi connectivity index (χ1n) is 11.4. The first-order chi connectivity index (χ1) is 16.7. The van der Waals surface area contributed by atoms with E-state index >= 15 is 0 Å². The maximum absolute atomic E-state index is 12.6. The number of carbonyl (C=O) groups is 1. The van der Waals surface area contributed by atoms with Crippen molar-refractivity contribution in [2.45, 2.75) is 13.8 Å². The summed E-state index contributed by atoms with van der Waals surface area (Å²) < 4.78 is 16.6. The Hall–Kier alpha value is -3.85.